The van der Waals surface area contributed by atoms with Crippen LogP contribution in [0.2, 0.25) is 0 Å². The van der Waals surface area contributed by atoms with E-state index in [0.717, 1.165) is 39.1 Å². The van der Waals surface area contributed by atoms with Gasteiger partial charge < -0.3 is 20.1 Å². The minimum atomic E-state index is -0.296. The number of hydrogen-bond donors (Lipinski definition) is 1. The standard InChI is InChI=1S/C36H39N7O4/c1-36(14-18-40(19-15-36)28-23-46-24-28)20-25(21-37)34(44)41-17-5-6-27(22-41)42-31-13-16-39-33(38)32(31)43(35(42)45)26-9-11-30(12-10-26)47-29-7-3-2-4-8-29/h2-4,7-13,16,20,27-28H,5-6,14-15,17-19,22-24H2,1H3,(H2,38,39)/t27-/m1/s1. The summed E-state index contributed by atoms with van der Waals surface area (Å²) in [4.78, 5) is 36.5. The van der Waals surface area contributed by atoms with Crippen LogP contribution in [0.5, 0.6) is 11.5 Å². The number of para-hydroxylation sites is 1. The molecule has 11 nitrogen and oxygen atoms in total. The number of nitrogens with two attached hydrogens (primary N) is 1. The van der Waals surface area contributed by atoms with Crippen molar-refractivity contribution in [2.75, 3.05) is 45.1 Å². The van der Waals surface area contributed by atoms with Crippen molar-refractivity contribution in [3.8, 4) is 23.3 Å². The van der Waals surface area contributed by atoms with E-state index in [1.54, 1.807) is 26.3 Å². The van der Waals surface area contributed by atoms with E-state index in [2.05, 4.69) is 22.9 Å². The Balaban J connectivity index is 1.14. The molecule has 47 heavy (non-hydrogen) atoms. The molecule has 3 aliphatic heterocycles. The maximum atomic E-state index is 14.2. The van der Waals surface area contributed by atoms with E-state index < -0.39 is 0 Å². The molecule has 3 saturated heterocycles. The number of nitriles is 1. The second kappa shape index (κ2) is 12.7. The molecule has 0 bridgehead atoms. The summed E-state index contributed by atoms with van der Waals surface area (Å²) < 4.78 is 14.6. The summed E-state index contributed by atoms with van der Waals surface area (Å²) in [5.74, 6) is 1.32. The predicted molar refractivity (Wildman–Crippen MR) is 178 cm³/mol. The first-order valence-electron chi connectivity index (χ1n) is 16.3. The number of pyridine rings is 1. The maximum absolute atomic E-state index is 14.2. The zero-order valence-electron chi connectivity index (χ0n) is 26.5. The summed E-state index contributed by atoms with van der Waals surface area (Å²) >= 11 is 0. The third-order valence-electron chi connectivity index (χ3n) is 9.86. The third kappa shape index (κ3) is 6.02. The molecule has 3 aliphatic rings. The summed E-state index contributed by atoms with van der Waals surface area (Å²) in [5.41, 5.74) is 7.86. The summed E-state index contributed by atoms with van der Waals surface area (Å²) in [6, 6.07) is 20.9. The van der Waals surface area contributed by atoms with Crippen LogP contribution >= 0.6 is 0 Å². The van der Waals surface area contributed by atoms with Gasteiger partial charge in [0.1, 0.15) is 34.5 Å². The number of rotatable bonds is 7. The summed E-state index contributed by atoms with van der Waals surface area (Å²) in [5, 5.41) is 10.1. The molecule has 0 aliphatic carbocycles. The number of fused-ring (bicyclic) bond motifs is 1. The summed E-state index contributed by atoms with van der Waals surface area (Å²) in [6.45, 7) is 6.39. The predicted octanol–water partition coefficient (Wildman–Crippen LogP) is 4.68. The second-order valence-corrected chi connectivity index (χ2v) is 13.1. The molecule has 5 heterocycles. The van der Waals surface area contributed by atoms with Gasteiger partial charge in [0.25, 0.3) is 5.91 Å². The van der Waals surface area contributed by atoms with Gasteiger partial charge in [-0.25, -0.2) is 9.78 Å². The number of aromatic nitrogens is 3. The van der Waals surface area contributed by atoms with E-state index in [1.807, 2.05) is 60.7 Å². The third-order valence-corrected chi connectivity index (χ3v) is 9.86. The molecule has 0 spiro atoms. The number of likely N-dealkylation sites (tertiary alicyclic amines) is 2. The van der Waals surface area contributed by atoms with Crippen LogP contribution in [-0.4, -0.2) is 75.3 Å². The Labute approximate surface area is 273 Å². The molecule has 7 rings (SSSR count). The highest BCUT2D eigenvalue weighted by Gasteiger charge is 2.36. The van der Waals surface area contributed by atoms with Crippen molar-refractivity contribution in [3.63, 3.8) is 0 Å². The van der Waals surface area contributed by atoms with Gasteiger partial charge in [-0.2, -0.15) is 5.26 Å². The average Bonchev–Trinajstić information content (AvgIpc) is 3.37. The lowest BCUT2D eigenvalue weighted by molar-refractivity contribution is -0.128. The van der Waals surface area contributed by atoms with Crippen LogP contribution in [0.3, 0.4) is 0 Å². The van der Waals surface area contributed by atoms with Gasteiger partial charge in [0.15, 0.2) is 0 Å². The molecule has 4 aromatic rings. The van der Waals surface area contributed by atoms with Crippen molar-refractivity contribution in [2.45, 2.75) is 44.7 Å². The normalized spacial score (nSPS) is 20.5. The minimum Gasteiger partial charge on any atom is -0.457 e. The number of carbonyl (C=O) groups is 1. The van der Waals surface area contributed by atoms with Crippen LogP contribution < -0.4 is 16.2 Å². The second-order valence-electron chi connectivity index (χ2n) is 13.1. The lowest BCUT2D eigenvalue weighted by atomic mass is 9.78. The number of allylic oxidation sites excluding steroid dienone is 1. The SMILES string of the molecule is CC1(C=C(C#N)C(=O)N2CCC[C@@H](n3c(=O)n(-c4ccc(Oc5ccccc5)cc4)c4c(N)nccc43)C2)CCN(C2COC2)CC1. The van der Waals surface area contributed by atoms with Crippen LogP contribution in [0.4, 0.5) is 5.82 Å². The number of benzene rings is 2. The van der Waals surface area contributed by atoms with Crippen molar-refractivity contribution in [3.05, 3.63) is 89.0 Å². The molecule has 0 unspecified atom stereocenters. The van der Waals surface area contributed by atoms with Crippen LogP contribution in [0, 0.1) is 16.7 Å². The summed E-state index contributed by atoms with van der Waals surface area (Å²) in [7, 11) is 0. The molecule has 0 saturated carbocycles. The highest BCUT2D eigenvalue weighted by Crippen LogP contribution is 2.36. The van der Waals surface area contributed by atoms with Gasteiger partial charge in [0.05, 0.1) is 36.5 Å². The number of nitrogen functional groups attached to an aromatic ring is 1. The van der Waals surface area contributed by atoms with E-state index in [1.165, 1.54) is 0 Å². The van der Waals surface area contributed by atoms with Gasteiger partial charge in [0.2, 0.25) is 0 Å². The molecular formula is C36H39N7O4. The Kier molecular flexibility index (Phi) is 8.30. The summed E-state index contributed by atoms with van der Waals surface area (Å²) in [6.07, 6.45) is 6.67. The first kappa shape index (κ1) is 30.7. The Morgan fingerprint density at radius 2 is 1.77 bits per heavy atom. The quantitative estimate of drug-likeness (QED) is 0.229. The average molecular weight is 634 g/mol. The van der Waals surface area contributed by atoms with Crippen LogP contribution in [0.25, 0.3) is 16.7 Å². The Morgan fingerprint density at radius 3 is 2.45 bits per heavy atom. The molecular weight excluding hydrogens is 594 g/mol. The van der Waals surface area contributed by atoms with Gasteiger partial charge in [-0.1, -0.05) is 31.2 Å². The highest BCUT2D eigenvalue weighted by atomic mass is 16.5. The largest absolute Gasteiger partial charge is 0.457 e. The Hall–Kier alpha value is -4.92. The van der Waals surface area contributed by atoms with Gasteiger partial charge in [-0.15, -0.1) is 0 Å². The molecule has 3 fully saturated rings. The van der Waals surface area contributed by atoms with E-state index in [4.69, 9.17) is 15.2 Å². The smallest absolute Gasteiger partial charge is 0.334 e. The van der Waals surface area contributed by atoms with E-state index in [-0.39, 0.29) is 34.4 Å². The van der Waals surface area contributed by atoms with Gasteiger partial charge in [-0.05, 0) is 86.7 Å². The molecule has 1 atom stereocenters. The molecule has 1 amide bonds. The van der Waals surface area contributed by atoms with Gasteiger partial charge in [0, 0.05) is 19.3 Å². The number of piperidine rings is 2. The van der Waals surface area contributed by atoms with Crippen LogP contribution in [0.1, 0.15) is 38.6 Å². The number of anilines is 1. The van der Waals surface area contributed by atoms with E-state index >= 15 is 0 Å². The molecule has 2 aromatic heterocycles. The number of amides is 1. The molecule has 2 N–H and O–H groups in total. The molecule has 11 heteroatoms. The number of nitrogens with zero attached hydrogens (tertiary/aromatic N) is 6. The monoisotopic (exact) mass is 633 g/mol. The van der Waals surface area contributed by atoms with E-state index in [0.29, 0.717) is 60.2 Å². The molecule has 2 aromatic carbocycles. The zero-order chi connectivity index (χ0) is 32.5. The zero-order valence-corrected chi connectivity index (χ0v) is 26.5. The fraction of sp³-hybridized carbons (Fsp3) is 0.389. The van der Waals surface area contributed by atoms with E-state index in [9.17, 15) is 14.9 Å². The highest BCUT2D eigenvalue weighted by molar-refractivity contribution is 5.97. The molecule has 0 radical (unpaired) electrons. The van der Waals surface area contributed by atoms with Crippen molar-refractivity contribution in [1.29, 1.82) is 5.26 Å². The lowest BCUT2D eigenvalue weighted by Gasteiger charge is -2.44. The topological polar surface area (TPSA) is 132 Å². The Morgan fingerprint density at radius 1 is 1.04 bits per heavy atom. The minimum absolute atomic E-state index is 0.176. The van der Waals surface area contributed by atoms with Crippen molar-refractivity contribution >= 4 is 22.8 Å². The fourth-order valence-electron chi connectivity index (χ4n) is 7.06. The lowest BCUT2D eigenvalue weighted by Crippen LogP contribution is -2.53. The van der Waals surface area contributed by atoms with Crippen LogP contribution in [0.15, 0.2) is 83.3 Å². The van der Waals surface area contributed by atoms with Gasteiger partial charge >= 0.3 is 5.69 Å². The van der Waals surface area contributed by atoms with Crippen molar-refractivity contribution < 1.29 is 14.3 Å². The van der Waals surface area contributed by atoms with Crippen molar-refractivity contribution in [2.24, 2.45) is 5.41 Å². The Bertz CT molecular complexity index is 1900. The number of ether oxygens (including phenoxy) is 2. The fourth-order valence-corrected chi connectivity index (χ4v) is 7.06. The number of imidazole rings is 1. The van der Waals surface area contributed by atoms with Crippen LogP contribution in [-0.2, 0) is 9.53 Å². The molecule has 242 valence electrons. The maximum Gasteiger partial charge on any atom is 0.334 e. The number of hydrogen-bond acceptors (Lipinski definition) is 8. The van der Waals surface area contributed by atoms with Crippen molar-refractivity contribution in [1.82, 2.24) is 23.9 Å². The number of carbonyl (C=O) groups excluding carboxylic acids is 1. The van der Waals surface area contributed by atoms with Gasteiger partial charge in [-0.3, -0.25) is 18.8 Å². The first-order chi connectivity index (χ1) is 22.8. The first-order valence-corrected chi connectivity index (χ1v) is 16.3.